The maximum Gasteiger partial charge on any atom is 0.402 e. The van der Waals surface area contributed by atoms with Gasteiger partial charge >= 0.3 is 12.1 Å². The second-order valence-electron chi connectivity index (χ2n) is 3.55. The summed E-state index contributed by atoms with van der Waals surface area (Å²) in [6.45, 7) is -1.80. The van der Waals surface area contributed by atoms with Gasteiger partial charge in [-0.25, -0.2) is 0 Å². The molecule has 1 saturated heterocycles. The normalized spacial score (nSPS) is 22.9. The average molecular weight is 276 g/mol. The number of aliphatic carboxylic acids is 1. The van der Waals surface area contributed by atoms with E-state index in [1.165, 1.54) is 4.72 Å². The molecule has 2 N–H and O–H groups in total. The fourth-order valence-electron chi connectivity index (χ4n) is 1.53. The first kappa shape index (κ1) is 14.2. The van der Waals surface area contributed by atoms with Crippen LogP contribution in [-0.4, -0.2) is 49.1 Å². The van der Waals surface area contributed by atoms with Crippen LogP contribution in [0.4, 0.5) is 13.2 Å². The molecule has 0 aliphatic carbocycles. The molecule has 1 heterocycles. The number of hydrogen-bond acceptors (Lipinski definition) is 3. The van der Waals surface area contributed by atoms with Crippen molar-refractivity contribution in [2.45, 2.75) is 25.1 Å². The summed E-state index contributed by atoms with van der Waals surface area (Å²) < 4.78 is 60.4. The molecule has 10 heteroatoms. The molecule has 1 unspecified atom stereocenters. The monoisotopic (exact) mass is 276 g/mol. The minimum Gasteiger partial charge on any atom is -0.480 e. The Hall–Kier alpha value is -0.870. The van der Waals surface area contributed by atoms with E-state index in [9.17, 15) is 26.4 Å². The summed E-state index contributed by atoms with van der Waals surface area (Å²) in [4.78, 5) is 10.7. The predicted octanol–water partition coefficient (Wildman–Crippen LogP) is -0.0679. The van der Waals surface area contributed by atoms with E-state index >= 15 is 0 Å². The van der Waals surface area contributed by atoms with E-state index in [2.05, 4.69) is 0 Å². The second kappa shape index (κ2) is 4.78. The van der Waals surface area contributed by atoms with E-state index in [0.717, 1.165) is 0 Å². The molecule has 0 saturated carbocycles. The molecule has 1 aliphatic rings. The lowest BCUT2D eigenvalue weighted by Crippen LogP contribution is -2.48. The summed E-state index contributed by atoms with van der Waals surface area (Å²) in [5, 5.41) is 8.72. The van der Waals surface area contributed by atoms with Crippen molar-refractivity contribution in [3.63, 3.8) is 0 Å². The summed E-state index contributed by atoms with van der Waals surface area (Å²) in [5.74, 6) is -1.36. The van der Waals surface area contributed by atoms with Crippen LogP contribution in [0.15, 0.2) is 0 Å². The van der Waals surface area contributed by atoms with E-state index < -0.39 is 34.9 Å². The molecular weight excluding hydrogens is 265 g/mol. The van der Waals surface area contributed by atoms with Crippen molar-refractivity contribution >= 4 is 16.2 Å². The first-order valence-electron chi connectivity index (χ1n) is 4.69. The van der Waals surface area contributed by atoms with Gasteiger partial charge in [0, 0.05) is 6.54 Å². The molecule has 6 nitrogen and oxygen atoms in total. The second-order valence-corrected chi connectivity index (χ2v) is 5.26. The fraction of sp³-hybridized carbons (Fsp3) is 0.857. The van der Waals surface area contributed by atoms with Crippen molar-refractivity contribution in [1.82, 2.24) is 9.03 Å². The predicted molar refractivity (Wildman–Crippen MR) is 50.3 cm³/mol. The molecule has 0 spiro atoms. The first-order valence-corrected chi connectivity index (χ1v) is 6.13. The Kier molecular flexibility index (Phi) is 3.99. The Labute approximate surface area is 95.6 Å². The van der Waals surface area contributed by atoms with E-state index in [1.54, 1.807) is 0 Å². The van der Waals surface area contributed by atoms with Crippen LogP contribution in [0.5, 0.6) is 0 Å². The van der Waals surface area contributed by atoms with Gasteiger partial charge in [0.25, 0.3) is 10.2 Å². The Bertz CT molecular complexity index is 394. The average Bonchev–Trinajstić information content (AvgIpc) is 2.62. The number of carbonyl (C=O) groups is 1. The highest BCUT2D eigenvalue weighted by molar-refractivity contribution is 7.87. The van der Waals surface area contributed by atoms with E-state index in [0.29, 0.717) is 10.7 Å². The van der Waals surface area contributed by atoms with Crippen molar-refractivity contribution in [3.8, 4) is 0 Å². The van der Waals surface area contributed by atoms with Crippen LogP contribution >= 0.6 is 0 Å². The fourth-order valence-corrected chi connectivity index (χ4v) is 2.94. The molecule has 0 aromatic rings. The Morgan fingerprint density at radius 1 is 1.47 bits per heavy atom. The lowest BCUT2D eigenvalue weighted by molar-refractivity contribution is -0.140. The molecule has 0 radical (unpaired) electrons. The van der Waals surface area contributed by atoms with Gasteiger partial charge in [-0.2, -0.15) is 30.6 Å². The molecule has 0 amide bonds. The molecule has 0 bridgehead atoms. The Morgan fingerprint density at radius 2 is 2.06 bits per heavy atom. The zero-order valence-electron chi connectivity index (χ0n) is 8.57. The van der Waals surface area contributed by atoms with E-state index in [-0.39, 0.29) is 13.0 Å². The number of hydrogen-bond donors (Lipinski definition) is 2. The number of nitrogens with one attached hydrogen (secondary N) is 1. The van der Waals surface area contributed by atoms with Gasteiger partial charge in [-0.05, 0) is 12.8 Å². The van der Waals surface area contributed by atoms with Crippen LogP contribution in [0, 0.1) is 0 Å². The lowest BCUT2D eigenvalue weighted by atomic mass is 10.2. The van der Waals surface area contributed by atoms with Crippen LogP contribution in [-0.2, 0) is 15.0 Å². The number of alkyl halides is 3. The van der Waals surface area contributed by atoms with Gasteiger partial charge in [0.15, 0.2) is 0 Å². The molecule has 1 atom stereocenters. The first-order chi connectivity index (χ1) is 7.63. The number of rotatable bonds is 4. The van der Waals surface area contributed by atoms with Crippen molar-refractivity contribution in [1.29, 1.82) is 0 Å². The Morgan fingerprint density at radius 3 is 2.53 bits per heavy atom. The lowest BCUT2D eigenvalue weighted by Gasteiger charge is -2.21. The van der Waals surface area contributed by atoms with Gasteiger partial charge in [0.05, 0.1) is 0 Å². The SMILES string of the molecule is O=C(O)C1CCCN1S(=O)(=O)NCC(F)(F)F. The summed E-state index contributed by atoms with van der Waals surface area (Å²) >= 11 is 0. The zero-order chi connectivity index (χ0) is 13.3. The molecule has 1 aliphatic heterocycles. The maximum absolute atomic E-state index is 11.9. The maximum atomic E-state index is 11.9. The highest BCUT2D eigenvalue weighted by Crippen LogP contribution is 2.21. The minimum atomic E-state index is -4.68. The molecule has 1 rings (SSSR count). The molecule has 0 aromatic carbocycles. The van der Waals surface area contributed by atoms with Crippen molar-refractivity contribution in [3.05, 3.63) is 0 Å². The van der Waals surface area contributed by atoms with Crippen LogP contribution in [0.3, 0.4) is 0 Å². The van der Waals surface area contributed by atoms with Gasteiger partial charge in [0.1, 0.15) is 12.6 Å². The molecule has 100 valence electrons. The van der Waals surface area contributed by atoms with Crippen LogP contribution < -0.4 is 4.72 Å². The van der Waals surface area contributed by atoms with Crippen LogP contribution in [0.25, 0.3) is 0 Å². The third-order valence-corrected chi connectivity index (χ3v) is 3.82. The number of halogens is 3. The van der Waals surface area contributed by atoms with E-state index in [4.69, 9.17) is 5.11 Å². The van der Waals surface area contributed by atoms with Gasteiger partial charge in [-0.1, -0.05) is 0 Å². The minimum absolute atomic E-state index is 0.0931. The molecular formula is C7H11F3N2O4S. The van der Waals surface area contributed by atoms with Gasteiger partial charge in [-0.3, -0.25) is 4.79 Å². The van der Waals surface area contributed by atoms with Crippen molar-refractivity contribution in [2.24, 2.45) is 0 Å². The van der Waals surface area contributed by atoms with E-state index in [1.807, 2.05) is 0 Å². The highest BCUT2D eigenvalue weighted by atomic mass is 32.2. The standard InChI is InChI=1S/C7H11F3N2O4S/c8-7(9,10)4-11-17(15,16)12-3-1-2-5(12)6(13)14/h5,11H,1-4H2,(H,13,14). The zero-order valence-corrected chi connectivity index (χ0v) is 9.38. The van der Waals surface area contributed by atoms with Gasteiger partial charge < -0.3 is 5.11 Å². The quantitative estimate of drug-likeness (QED) is 0.752. The molecule has 0 aromatic heterocycles. The summed E-state index contributed by atoms with van der Waals surface area (Å²) in [7, 11) is -4.40. The van der Waals surface area contributed by atoms with Crippen LogP contribution in [0.2, 0.25) is 0 Å². The van der Waals surface area contributed by atoms with Gasteiger partial charge in [0.2, 0.25) is 0 Å². The van der Waals surface area contributed by atoms with Crippen LogP contribution in [0.1, 0.15) is 12.8 Å². The third-order valence-electron chi connectivity index (χ3n) is 2.25. The topological polar surface area (TPSA) is 86.7 Å². The summed E-state index contributed by atoms with van der Waals surface area (Å²) in [6.07, 6.45) is -4.27. The summed E-state index contributed by atoms with van der Waals surface area (Å²) in [6, 6.07) is -1.29. The van der Waals surface area contributed by atoms with Gasteiger partial charge in [-0.15, -0.1) is 0 Å². The number of carboxylic acids is 1. The number of carboxylic acid groups (broad SMARTS) is 1. The summed E-state index contributed by atoms with van der Waals surface area (Å²) in [5.41, 5.74) is 0. The Balaban J connectivity index is 2.73. The smallest absolute Gasteiger partial charge is 0.402 e. The van der Waals surface area contributed by atoms with Crippen molar-refractivity contribution < 1.29 is 31.5 Å². The molecule has 1 fully saturated rings. The number of nitrogens with zero attached hydrogens (tertiary/aromatic N) is 1. The third kappa shape index (κ3) is 3.82. The largest absolute Gasteiger partial charge is 0.480 e. The van der Waals surface area contributed by atoms with Crippen molar-refractivity contribution in [2.75, 3.05) is 13.1 Å². The molecule has 17 heavy (non-hydrogen) atoms. The highest BCUT2D eigenvalue weighted by Gasteiger charge is 2.40.